The number of benzene rings is 1. The molecule has 0 aliphatic carbocycles. The van der Waals surface area contributed by atoms with Crippen LogP contribution in [0.25, 0.3) is 16.9 Å². The van der Waals surface area contributed by atoms with Crippen LogP contribution in [0, 0.1) is 0 Å². The summed E-state index contributed by atoms with van der Waals surface area (Å²) in [6.45, 7) is 0.588. The van der Waals surface area contributed by atoms with Crippen molar-refractivity contribution in [3.8, 4) is 17.0 Å². The summed E-state index contributed by atoms with van der Waals surface area (Å²) in [6, 6.07) is 4.88. The molecule has 0 spiro atoms. The van der Waals surface area contributed by atoms with Gasteiger partial charge in [-0.2, -0.15) is 8.78 Å². The summed E-state index contributed by atoms with van der Waals surface area (Å²) in [6.07, 6.45) is -3.57. The summed E-state index contributed by atoms with van der Waals surface area (Å²) < 4.78 is 74.6. The average Bonchev–Trinajstić information content (AvgIpc) is 2.99. The molecule has 0 bridgehead atoms. The van der Waals surface area contributed by atoms with E-state index >= 15 is 0 Å². The molecule has 27 heavy (non-hydrogen) atoms. The molecule has 0 saturated carbocycles. The Morgan fingerprint density at radius 3 is 2.26 bits per heavy atom. The lowest BCUT2D eigenvalue weighted by Crippen LogP contribution is -2.17. The molecule has 2 heterocycles. The van der Waals surface area contributed by atoms with Crippen LogP contribution in [-0.4, -0.2) is 33.1 Å². The molecule has 0 saturated heterocycles. The predicted molar refractivity (Wildman–Crippen MR) is 83.2 cm³/mol. The number of nitrogens with zero attached hydrogens (tertiary/aromatic N) is 4. The summed E-state index contributed by atoms with van der Waals surface area (Å²) in [5.41, 5.74) is 0.964. The molecule has 1 aromatic carbocycles. The molecule has 0 fully saturated rings. The standard InChI is InChI=1S/C16H13F5N4O2/c1-15(17,18)14-24-23-12-7-22-13(11(8-26-2)25(12)14)9-3-5-10(6-4-9)27-16(19,20)21/h3-7H,8H2,1-2H3. The third-order valence-electron chi connectivity index (χ3n) is 3.58. The first-order chi connectivity index (χ1) is 12.6. The molecule has 0 amide bonds. The normalized spacial score (nSPS) is 12.6. The summed E-state index contributed by atoms with van der Waals surface area (Å²) in [7, 11) is 1.37. The van der Waals surface area contributed by atoms with Crippen LogP contribution in [0.15, 0.2) is 30.5 Å². The largest absolute Gasteiger partial charge is 0.573 e. The van der Waals surface area contributed by atoms with E-state index in [4.69, 9.17) is 4.74 Å². The average molecular weight is 388 g/mol. The molecule has 0 unspecified atom stereocenters. The molecule has 6 nitrogen and oxygen atoms in total. The second kappa shape index (κ2) is 6.72. The highest BCUT2D eigenvalue weighted by Gasteiger charge is 2.33. The van der Waals surface area contributed by atoms with Crippen LogP contribution in [0.2, 0.25) is 0 Å². The number of halogens is 5. The first kappa shape index (κ1) is 19.0. The lowest BCUT2D eigenvalue weighted by atomic mass is 10.1. The Balaban J connectivity index is 2.12. The molecule has 0 atom stereocenters. The molecular formula is C16H13F5N4O2. The molecular weight excluding hydrogens is 375 g/mol. The fourth-order valence-electron chi connectivity index (χ4n) is 2.56. The first-order valence-corrected chi connectivity index (χ1v) is 7.56. The minimum absolute atomic E-state index is 0.0956. The van der Waals surface area contributed by atoms with E-state index < -0.39 is 23.9 Å². The molecule has 3 rings (SSSR count). The summed E-state index contributed by atoms with van der Waals surface area (Å²) >= 11 is 0. The smallest absolute Gasteiger partial charge is 0.406 e. The lowest BCUT2D eigenvalue weighted by Gasteiger charge is -2.15. The van der Waals surface area contributed by atoms with Crippen LogP contribution < -0.4 is 4.74 Å². The van der Waals surface area contributed by atoms with E-state index in [9.17, 15) is 22.0 Å². The number of ether oxygens (including phenoxy) is 2. The van der Waals surface area contributed by atoms with Crippen LogP contribution in [0.5, 0.6) is 5.75 Å². The van der Waals surface area contributed by atoms with Gasteiger partial charge in [0.15, 0.2) is 5.65 Å². The van der Waals surface area contributed by atoms with E-state index in [0.717, 1.165) is 16.5 Å². The van der Waals surface area contributed by atoms with Gasteiger partial charge in [-0.1, -0.05) is 0 Å². The van der Waals surface area contributed by atoms with E-state index in [2.05, 4.69) is 19.9 Å². The molecule has 3 aromatic rings. The Hall–Kier alpha value is -2.82. The maximum atomic E-state index is 13.9. The van der Waals surface area contributed by atoms with Gasteiger partial charge in [0.2, 0.25) is 5.82 Å². The van der Waals surface area contributed by atoms with Gasteiger partial charge in [0.05, 0.1) is 24.2 Å². The number of fused-ring (bicyclic) bond motifs is 1. The number of aromatic nitrogens is 4. The minimum Gasteiger partial charge on any atom is -0.406 e. The van der Waals surface area contributed by atoms with Gasteiger partial charge < -0.3 is 9.47 Å². The fraction of sp³-hybridized carbons (Fsp3) is 0.312. The molecule has 0 aliphatic heterocycles. The van der Waals surface area contributed by atoms with E-state index in [1.807, 2.05) is 0 Å². The van der Waals surface area contributed by atoms with Gasteiger partial charge in [0.1, 0.15) is 5.75 Å². The van der Waals surface area contributed by atoms with Crippen molar-refractivity contribution in [2.24, 2.45) is 0 Å². The Kier molecular flexibility index (Phi) is 4.72. The van der Waals surface area contributed by atoms with E-state index in [1.165, 1.54) is 25.4 Å². The molecule has 0 aliphatic rings. The van der Waals surface area contributed by atoms with Crippen LogP contribution in [0.4, 0.5) is 22.0 Å². The SMILES string of the molecule is COCc1c(-c2ccc(OC(F)(F)F)cc2)ncc2nnc(C(C)(F)F)n12. The van der Waals surface area contributed by atoms with Crippen LogP contribution in [0.1, 0.15) is 18.4 Å². The highest BCUT2D eigenvalue weighted by atomic mass is 19.4. The summed E-state index contributed by atoms with van der Waals surface area (Å²) in [4.78, 5) is 4.18. The van der Waals surface area contributed by atoms with Crippen molar-refractivity contribution >= 4 is 5.65 Å². The Morgan fingerprint density at radius 2 is 1.70 bits per heavy atom. The fourth-order valence-corrected chi connectivity index (χ4v) is 2.56. The number of hydrogen-bond donors (Lipinski definition) is 0. The molecule has 144 valence electrons. The molecule has 11 heteroatoms. The van der Waals surface area contributed by atoms with E-state index in [-0.39, 0.29) is 23.6 Å². The monoisotopic (exact) mass is 388 g/mol. The zero-order valence-corrected chi connectivity index (χ0v) is 14.1. The summed E-state index contributed by atoms with van der Waals surface area (Å²) in [5.74, 6) is -4.28. The van der Waals surface area contributed by atoms with Crippen LogP contribution in [0.3, 0.4) is 0 Å². The molecule has 0 radical (unpaired) electrons. The van der Waals surface area contributed by atoms with Gasteiger partial charge in [-0.05, 0) is 24.3 Å². The number of rotatable bonds is 5. The van der Waals surface area contributed by atoms with Crippen molar-refractivity contribution in [3.63, 3.8) is 0 Å². The van der Waals surface area contributed by atoms with Crippen molar-refractivity contribution in [3.05, 3.63) is 42.0 Å². The first-order valence-electron chi connectivity index (χ1n) is 7.56. The Labute approximate surface area is 149 Å². The van der Waals surface area contributed by atoms with Gasteiger partial charge in [0.25, 0.3) is 0 Å². The number of alkyl halides is 5. The second-order valence-corrected chi connectivity index (χ2v) is 5.66. The summed E-state index contributed by atoms with van der Waals surface area (Å²) in [5, 5.41) is 7.21. The number of methoxy groups -OCH3 is 1. The van der Waals surface area contributed by atoms with Crippen molar-refractivity contribution < 1.29 is 31.4 Å². The minimum atomic E-state index is -4.82. The van der Waals surface area contributed by atoms with E-state index in [1.54, 1.807) is 0 Å². The van der Waals surface area contributed by atoms with Crippen molar-refractivity contribution in [2.75, 3.05) is 7.11 Å². The number of hydrogen-bond acceptors (Lipinski definition) is 5. The van der Waals surface area contributed by atoms with Gasteiger partial charge in [-0.25, -0.2) is 0 Å². The van der Waals surface area contributed by atoms with Crippen LogP contribution in [-0.2, 0) is 17.3 Å². The van der Waals surface area contributed by atoms with Crippen molar-refractivity contribution in [1.29, 1.82) is 0 Å². The second-order valence-electron chi connectivity index (χ2n) is 5.66. The van der Waals surface area contributed by atoms with Gasteiger partial charge in [0, 0.05) is 19.6 Å². The maximum absolute atomic E-state index is 13.9. The maximum Gasteiger partial charge on any atom is 0.573 e. The Bertz CT molecular complexity index is 948. The van der Waals surface area contributed by atoms with Crippen molar-refractivity contribution in [2.45, 2.75) is 25.8 Å². The Morgan fingerprint density at radius 1 is 1.04 bits per heavy atom. The molecule has 2 aromatic heterocycles. The van der Waals surface area contributed by atoms with Gasteiger partial charge >= 0.3 is 12.3 Å². The quantitative estimate of drug-likeness (QED) is 0.620. The highest BCUT2D eigenvalue weighted by molar-refractivity contribution is 5.64. The third-order valence-corrected chi connectivity index (χ3v) is 3.58. The van der Waals surface area contributed by atoms with Crippen LogP contribution >= 0.6 is 0 Å². The van der Waals surface area contributed by atoms with Gasteiger partial charge in [-0.15, -0.1) is 23.4 Å². The topological polar surface area (TPSA) is 61.5 Å². The zero-order chi connectivity index (χ0) is 19.8. The van der Waals surface area contributed by atoms with Crippen molar-refractivity contribution in [1.82, 2.24) is 19.6 Å². The third kappa shape index (κ3) is 3.97. The highest BCUT2D eigenvalue weighted by Crippen LogP contribution is 2.31. The van der Waals surface area contributed by atoms with Gasteiger partial charge in [-0.3, -0.25) is 9.38 Å². The molecule has 0 N–H and O–H groups in total. The van der Waals surface area contributed by atoms with E-state index in [0.29, 0.717) is 12.5 Å². The zero-order valence-electron chi connectivity index (χ0n) is 14.1. The lowest BCUT2D eigenvalue weighted by molar-refractivity contribution is -0.274. The predicted octanol–water partition coefficient (Wildman–Crippen LogP) is 3.95.